The summed E-state index contributed by atoms with van der Waals surface area (Å²) in [5, 5.41) is 2.90. The minimum absolute atomic E-state index is 0.00435. The minimum Gasteiger partial charge on any atom is -0.354 e. The first-order valence-corrected chi connectivity index (χ1v) is 6.92. The Morgan fingerprint density at radius 2 is 2.05 bits per heavy atom. The molecule has 0 aromatic carbocycles. The van der Waals surface area contributed by atoms with Crippen LogP contribution in [0.1, 0.15) is 45.9 Å². The number of imidazole rings is 1. The smallest absolute Gasteiger partial charge is 0.239 e. The molecule has 1 aromatic rings. The first-order valence-electron chi connectivity index (χ1n) is 6.92. The van der Waals surface area contributed by atoms with E-state index in [4.69, 9.17) is 5.73 Å². The van der Waals surface area contributed by atoms with Crippen molar-refractivity contribution in [2.45, 2.75) is 46.7 Å². The predicted molar refractivity (Wildman–Crippen MR) is 76.5 cm³/mol. The summed E-state index contributed by atoms with van der Waals surface area (Å²) in [6, 6.07) is -0.0691. The molecule has 1 rings (SSSR count). The summed E-state index contributed by atoms with van der Waals surface area (Å²) in [4.78, 5) is 15.9. The molecule has 3 N–H and O–H groups in total. The first-order chi connectivity index (χ1) is 8.90. The molecular weight excluding hydrogens is 240 g/mol. The van der Waals surface area contributed by atoms with Crippen molar-refractivity contribution in [3.63, 3.8) is 0 Å². The van der Waals surface area contributed by atoms with Gasteiger partial charge in [0.25, 0.3) is 0 Å². The zero-order valence-corrected chi connectivity index (χ0v) is 12.4. The van der Waals surface area contributed by atoms with Crippen molar-refractivity contribution in [2.24, 2.45) is 17.6 Å². The summed E-state index contributed by atoms with van der Waals surface area (Å²) in [6.07, 6.45) is 4.31. The van der Waals surface area contributed by atoms with E-state index in [0.717, 1.165) is 12.1 Å². The second kappa shape index (κ2) is 7.28. The lowest BCUT2D eigenvalue weighted by atomic mass is 10.0. The lowest BCUT2D eigenvalue weighted by molar-refractivity contribution is -0.121. The number of carbonyl (C=O) groups is 1. The van der Waals surface area contributed by atoms with E-state index in [-0.39, 0.29) is 18.5 Å². The maximum Gasteiger partial charge on any atom is 0.239 e. The minimum atomic E-state index is -0.0691. The van der Waals surface area contributed by atoms with Gasteiger partial charge in [0.1, 0.15) is 6.54 Å². The van der Waals surface area contributed by atoms with Crippen LogP contribution in [-0.2, 0) is 11.3 Å². The second-order valence-electron chi connectivity index (χ2n) is 5.88. The molecule has 0 aliphatic rings. The number of nitrogens with zero attached hydrogens (tertiary/aromatic N) is 2. The second-order valence-corrected chi connectivity index (χ2v) is 5.88. The molecule has 0 spiro atoms. The van der Waals surface area contributed by atoms with Gasteiger partial charge in [-0.1, -0.05) is 27.7 Å². The largest absolute Gasteiger partial charge is 0.354 e. The predicted octanol–water partition coefficient (Wildman–Crippen LogP) is 1.70. The molecule has 0 radical (unpaired) electrons. The number of carbonyl (C=O) groups excluding carboxylic acids is 1. The van der Waals surface area contributed by atoms with Gasteiger partial charge in [0.15, 0.2) is 0 Å². The molecule has 1 amide bonds. The van der Waals surface area contributed by atoms with E-state index in [2.05, 4.69) is 38.0 Å². The third-order valence-corrected chi connectivity index (χ3v) is 2.87. The summed E-state index contributed by atoms with van der Waals surface area (Å²) in [5.41, 5.74) is 7.07. The van der Waals surface area contributed by atoms with Crippen molar-refractivity contribution in [2.75, 3.05) is 6.54 Å². The highest BCUT2D eigenvalue weighted by atomic mass is 16.1. The van der Waals surface area contributed by atoms with Crippen molar-refractivity contribution in [3.05, 3.63) is 18.2 Å². The standard InChI is InChI=1S/C14H26N4O/c1-10(2)5-12(15)13-7-16-9-18(13)8-14(19)17-6-11(3)4/h7,9-12H,5-6,8,15H2,1-4H3,(H,17,19). The van der Waals surface area contributed by atoms with Crippen molar-refractivity contribution < 1.29 is 4.79 Å². The molecule has 0 saturated carbocycles. The van der Waals surface area contributed by atoms with Gasteiger partial charge in [-0.3, -0.25) is 4.79 Å². The lowest BCUT2D eigenvalue weighted by Gasteiger charge is -2.16. The van der Waals surface area contributed by atoms with Crippen molar-refractivity contribution in [1.29, 1.82) is 0 Å². The molecule has 1 heterocycles. The molecule has 108 valence electrons. The third-order valence-electron chi connectivity index (χ3n) is 2.87. The highest BCUT2D eigenvalue weighted by Crippen LogP contribution is 2.18. The van der Waals surface area contributed by atoms with Crippen LogP contribution in [0.15, 0.2) is 12.5 Å². The Labute approximate surface area is 115 Å². The lowest BCUT2D eigenvalue weighted by Crippen LogP contribution is -2.31. The first kappa shape index (κ1) is 15.7. The van der Waals surface area contributed by atoms with E-state index in [0.29, 0.717) is 18.4 Å². The summed E-state index contributed by atoms with van der Waals surface area (Å²) in [6.45, 7) is 9.39. The van der Waals surface area contributed by atoms with Crippen molar-refractivity contribution in [3.8, 4) is 0 Å². The molecule has 0 aliphatic heterocycles. The Morgan fingerprint density at radius 1 is 1.37 bits per heavy atom. The van der Waals surface area contributed by atoms with Gasteiger partial charge < -0.3 is 15.6 Å². The van der Waals surface area contributed by atoms with E-state index in [1.54, 1.807) is 12.5 Å². The van der Waals surface area contributed by atoms with Crippen LogP contribution < -0.4 is 11.1 Å². The molecule has 19 heavy (non-hydrogen) atoms. The Hall–Kier alpha value is -1.36. The number of amides is 1. The SMILES string of the molecule is CC(C)CNC(=O)Cn1cncc1C(N)CC(C)C. The number of nitrogens with two attached hydrogens (primary N) is 1. The monoisotopic (exact) mass is 266 g/mol. The molecule has 5 heteroatoms. The molecule has 0 saturated heterocycles. The van der Waals surface area contributed by atoms with Gasteiger partial charge in [0.05, 0.1) is 12.0 Å². The molecule has 0 fully saturated rings. The van der Waals surface area contributed by atoms with Crippen LogP contribution in [0, 0.1) is 11.8 Å². The fraction of sp³-hybridized carbons (Fsp3) is 0.714. The molecule has 5 nitrogen and oxygen atoms in total. The van der Waals surface area contributed by atoms with Gasteiger partial charge in [0.2, 0.25) is 5.91 Å². The van der Waals surface area contributed by atoms with Crippen LogP contribution in [0.3, 0.4) is 0 Å². The highest BCUT2D eigenvalue weighted by Gasteiger charge is 2.14. The van der Waals surface area contributed by atoms with Gasteiger partial charge in [-0.25, -0.2) is 4.98 Å². The van der Waals surface area contributed by atoms with Crippen LogP contribution in [0.5, 0.6) is 0 Å². The Kier molecular flexibility index (Phi) is 6.02. The molecule has 0 bridgehead atoms. The van der Waals surface area contributed by atoms with Crippen LogP contribution in [0.4, 0.5) is 0 Å². The summed E-state index contributed by atoms with van der Waals surface area (Å²) in [5.74, 6) is 0.979. The quantitative estimate of drug-likeness (QED) is 0.789. The van der Waals surface area contributed by atoms with Crippen LogP contribution >= 0.6 is 0 Å². The van der Waals surface area contributed by atoms with E-state index in [1.807, 2.05) is 4.57 Å². The molecular formula is C14H26N4O. The zero-order valence-electron chi connectivity index (χ0n) is 12.4. The summed E-state index contributed by atoms with van der Waals surface area (Å²) < 4.78 is 1.84. The number of nitrogens with one attached hydrogen (secondary N) is 1. The van der Waals surface area contributed by atoms with Crippen LogP contribution in [-0.4, -0.2) is 22.0 Å². The van der Waals surface area contributed by atoms with Crippen LogP contribution in [0.25, 0.3) is 0 Å². The number of hydrogen-bond donors (Lipinski definition) is 2. The van der Waals surface area contributed by atoms with E-state index < -0.39 is 0 Å². The molecule has 0 aliphatic carbocycles. The Balaban J connectivity index is 2.59. The van der Waals surface area contributed by atoms with Gasteiger partial charge in [-0.15, -0.1) is 0 Å². The fourth-order valence-corrected chi connectivity index (χ4v) is 1.93. The third kappa shape index (κ3) is 5.42. The molecule has 1 aromatic heterocycles. The fourth-order valence-electron chi connectivity index (χ4n) is 1.93. The average Bonchev–Trinajstić information content (AvgIpc) is 2.73. The van der Waals surface area contributed by atoms with Gasteiger partial charge in [0, 0.05) is 18.8 Å². The van der Waals surface area contributed by atoms with E-state index in [1.165, 1.54) is 0 Å². The number of rotatable bonds is 7. The summed E-state index contributed by atoms with van der Waals surface area (Å²) in [7, 11) is 0. The topological polar surface area (TPSA) is 72.9 Å². The van der Waals surface area contributed by atoms with Gasteiger partial charge in [-0.05, 0) is 18.3 Å². The highest BCUT2D eigenvalue weighted by molar-refractivity contribution is 5.75. The normalized spacial score (nSPS) is 13.0. The summed E-state index contributed by atoms with van der Waals surface area (Å²) >= 11 is 0. The van der Waals surface area contributed by atoms with Gasteiger partial charge >= 0.3 is 0 Å². The zero-order chi connectivity index (χ0) is 14.4. The maximum atomic E-state index is 11.8. The van der Waals surface area contributed by atoms with E-state index in [9.17, 15) is 4.79 Å². The Bertz CT molecular complexity index is 398. The number of hydrogen-bond acceptors (Lipinski definition) is 3. The van der Waals surface area contributed by atoms with E-state index >= 15 is 0 Å². The van der Waals surface area contributed by atoms with Crippen molar-refractivity contribution >= 4 is 5.91 Å². The Morgan fingerprint density at radius 3 is 2.63 bits per heavy atom. The molecule has 1 unspecified atom stereocenters. The van der Waals surface area contributed by atoms with Crippen molar-refractivity contribution in [1.82, 2.24) is 14.9 Å². The number of aromatic nitrogens is 2. The maximum absolute atomic E-state index is 11.8. The van der Waals surface area contributed by atoms with Crippen LogP contribution in [0.2, 0.25) is 0 Å². The van der Waals surface area contributed by atoms with Gasteiger partial charge in [-0.2, -0.15) is 0 Å². The molecule has 1 atom stereocenters. The average molecular weight is 266 g/mol.